The summed E-state index contributed by atoms with van der Waals surface area (Å²) in [5, 5.41) is 0. The fourth-order valence-electron chi connectivity index (χ4n) is 2.36. The molecule has 1 heterocycles. The largest absolute Gasteiger partial charge is 0.573 e. The van der Waals surface area contributed by atoms with Crippen molar-refractivity contribution in [1.29, 1.82) is 0 Å². The van der Waals surface area contributed by atoms with E-state index >= 15 is 0 Å². The molecular formula is C14H17BrF3NO. The zero-order chi connectivity index (χ0) is 14.8. The van der Waals surface area contributed by atoms with E-state index in [4.69, 9.17) is 0 Å². The van der Waals surface area contributed by atoms with Gasteiger partial charge in [-0.3, -0.25) is 4.90 Å². The molecule has 1 fully saturated rings. The number of hydrogen-bond acceptors (Lipinski definition) is 2. The number of rotatable bonds is 3. The SMILES string of the molecule is CC1CCN(Cc2cc(Br)ccc2OC(F)(F)F)CC1. The molecule has 2 nitrogen and oxygen atoms in total. The van der Waals surface area contributed by atoms with Crippen molar-refractivity contribution in [2.75, 3.05) is 13.1 Å². The van der Waals surface area contributed by atoms with Gasteiger partial charge in [0.2, 0.25) is 0 Å². The molecule has 0 aliphatic carbocycles. The van der Waals surface area contributed by atoms with Crippen LogP contribution in [0.5, 0.6) is 5.75 Å². The Morgan fingerprint density at radius 1 is 1.30 bits per heavy atom. The van der Waals surface area contributed by atoms with Gasteiger partial charge in [-0.1, -0.05) is 22.9 Å². The Morgan fingerprint density at radius 3 is 2.55 bits per heavy atom. The highest BCUT2D eigenvalue weighted by Crippen LogP contribution is 2.30. The lowest BCUT2D eigenvalue weighted by Gasteiger charge is -2.30. The molecule has 0 atom stereocenters. The molecule has 0 amide bonds. The third kappa shape index (κ3) is 4.66. The van der Waals surface area contributed by atoms with Crippen molar-refractivity contribution >= 4 is 15.9 Å². The lowest BCUT2D eigenvalue weighted by molar-refractivity contribution is -0.275. The maximum Gasteiger partial charge on any atom is 0.573 e. The summed E-state index contributed by atoms with van der Waals surface area (Å²) in [5.74, 6) is 0.582. The van der Waals surface area contributed by atoms with Crippen LogP contribution in [0.1, 0.15) is 25.3 Å². The van der Waals surface area contributed by atoms with Gasteiger partial charge in [0, 0.05) is 16.6 Å². The predicted molar refractivity (Wildman–Crippen MR) is 74.5 cm³/mol. The minimum Gasteiger partial charge on any atom is -0.405 e. The van der Waals surface area contributed by atoms with E-state index in [9.17, 15) is 13.2 Å². The summed E-state index contributed by atoms with van der Waals surface area (Å²) >= 11 is 3.30. The number of nitrogens with zero attached hydrogens (tertiary/aromatic N) is 1. The van der Waals surface area contributed by atoms with E-state index in [-0.39, 0.29) is 5.75 Å². The van der Waals surface area contributed by atoms with E-state index < -0.39 is 6.36 Å². The highest BCUT2D eigenvalue weighted by Gasteiger charge is 2.32. The molecule has 6 heteroatoms. The monoisotopic (exact) mass is 351 g/mol. The minimum atomic E-state index is -4.65. The molecule has 1 aliphatic heterocycles. The second-order valence-electron chi connectivity index (χ2n) is 5.26. The van der Waals surface area contributed by atoms with Crippen LogP contribution in [-0.4, -0.2) is 24.4 Å². The molecule has 0 radical (unpaired) electrons. The first-order valence-corrected chi connectivity index (χ1v) is 7.39. The van der Waals surface area contributed by atoms with Gasteiger partial charge in [-0.2, -0.15) is 0 Å². The van der Waals surface area contributed by atoms with Crippen LogP contribution >= 0.6 is 15.9 Å². The van der Waals surface area contributed by atoms with Gasteiger partial charge in [-0.05, 0) is 50.0 Å². The van der Waals surface area contributed by atoms with Crippen LogP contribution in [0.4, 0.5) is 13.2 Å². The van der Waals surface area contributed by atoms with Crippen molar-refractivity contribution in [2.24, 2.45) is 5.92 Å². The quantitative estimate of drug-likeness (QED) is 0.790. The first-order chi connectivity index (χ1) is 9.33. The highest BCUT2D eigenvalue weighted by molar-refractivity contribution is 9.10. The molecule has 0 N–H and O–H groups in total. The van der Waals surface area contributed by atoms with E-state index in [0.717, 1.165) is 30.4 Å². The molecular weight excluding hydrogens is 335 g/mol. The Morgan fingerprint density at radius 2 is 1.95 bits per heavy atom. The van der Waals surface area contributed by atoms with Crippen LogP contribution < -0.4 is 4.74 Å². The molecule has 0 saturated carbocycles. The number of ether oxygens (including phenoxy) is 1. The van der Waals surface area contributed by atoms with Crippen molar-refractivity contribution < 1.29 is 17.9 Å². The molecule has 20 heavy (non-hydrogen) atoms. The van der Waals surface area contributed by atoms with Gasteiger partial charge in [0.1, 0.15) is 5.75 Å². The molecule has 112 valence electrons. The maximum atomic E-state index is 12.4. The first kappa shape index (κ1) is 15.6. The lowest BCUT2D eigenvalue weighted by atomic mass is 9.99. The van der Waals surface area contributed by atoms with Gasteiger partial charge >= 0.3 is 6.36 Å². The van der Waals surface area contributed by atoms with Gasteiger partial charge in [0.05, 0.1) is 0 Å². The van der Waals surface area contributed by atoms with Crippen LogP contribution in [-0.2, 0) is 6.54 Å². The average molecular weight is 352 g/mol. The number of piperidine rings is 1. The van der Waals surface area contributed by atoms with Crippen molar-refractivity contribution in [3.63, 3.8) is 0 Å². The summed E-state index contributed by atoms with van der Waals surface area (Å²) in [7, 11) is 0. The standard InChI is InChI=1S/C14H17BrF3NO/c1-10-4-6-19(7-5-10)9-11-8-12(15)2-3-13(11)20-14(16,17)18/h2-3,8,10H,4-7,9H2,1H3. The normalized spacial score (nSPS) is 18.2. The highest BCUT2D eigenvalue weighted by atomic mass is 79.9. The number of alkyl halides is 3. The maximum absolute atomic E-state index is 12.4. The van der Waals surface area contributed by atoms with Crippen LogP contribution in [0.2, 0.25) is 0 Å². The number of hydrogen-bond donors (Lipinski definition) is 0. The van der Waals surface area contributed by atoms with E-state index in [1.807, 2.05) is 0 Å². The van der Waals surface area contributed by atoms with E-state index in [1.54, 1.807) is 12.1 Å². The second kappa shape index (κ2) is 6.35. The number of halogens is 4. The van der Waals surface area contributed by atoms with Crippen LogP contribution in [0, 0.1) is 5.92 Å². The Labute approximate surface area is 125 Å². The molecule has 1 aromatic rings. The van der Waals surface area contributed by atoms with Crippen molar-refractivity contribution in [2.45, 2.75) is 32.7 Å². The summed E-state index contributed by atoms with van der Waals surface area (Å²) in [6.45, 7) is 4.52. The lowest BCUT2D eigenvalue weighted by Crippen LogP contribution is -2.32. The first-order valence-electron chi connectivity index (χ1n) is 6.60. The number of likely N-dealkylation sites (tertiary alicyclic amines) is 1. The Kier molecular flexibility index (Phi) is 4.96. The van der Waals surface area contributed by atoms with Gasteiger partial charge in [0.25, 0.3) is 0 Å². The zero-order valence-electron chi connectivity index (χ0n) is 11.2. The molecule has 1 saturated heterocycles. The summed E-state index contributed by atoms with van der Waals surface area (Å²) in [5.41, 5.74) is 0.561. The molecule has 0 aromatic heterocycles. The van der Waals surface area contributed by atoms with Crippen LogP contribution in [0.3, 0.4) is 0 Å². The van der Waals surface area contributed by atoms with E-state index in [0.29, 0.717) is 18.0 Å². The average Bonchev–Trinajstić information content (AvgIpc) is 2.34. The smallest absolute Gasteiger partial charge is 0.405 e. The Balaban J connectivity index is 2.11. The van der Waals surface area contributed by atoms with Crippen molar-refractivity contribution in [3.05, 3.63) is 28.2 Å². The van der Waals surface area contributed by atoms with E-state index in [2.05, 4.69) is 32.5 Å². The van der Waals surface area contributed by atoms with Gasteiger partial charge in [0.15, 0.2) is 0 Å². The van der Waals surface area contributed by atoms with Crippen molar-refractivity contribution in [1.82, 2.24) is 4.90 Å². The fraction of sp³-hybridized carbons (Fsp3) is 0.571. The van der Waals surface area contributed by atoms with E-state index in [1.165, 1.54) is 6.07 Å². The van der Waals surface area contributed by atoms with Gasteiger partial charge < -0.3 is 4.74 Å². The molecule has 1 aliphatic rings. The van der Waals surface area contributed by atoms with Crippen LogP contribution in [0.25, 0.3) is 0 Å². The third-order valence-electron chi connectivity index (χ3n) is 3.52. The molecule has 2 rings (SSSR count). The molecule has 0 bridgehead atoms. The zero-order valence-corrected chi connectivity index (χ0v) is 12.8. The Bertz CT molecular complexity index is 456. The fourth-order valence-corrected chi connectivity index (χ4v) is 2.77. The van der Waals surface area contributed by atoms with Gasteiger partial charge in [-0.25, -0.2) is 0 Å². The predicted octanol–water partition coefficient (Wildman–Crippen LogP) is 4.58. The number of benzene rings is 1. The summed E-state index contributed by atoms with van der Waals surface area (Å²) in [4.78, 5) is 2.17. The van der Waals surface area contributed by atoms with Crippen molar-refractivity contribution in [3.8, 4) is 5.75 Å². The van der Waals surface area contributed by atoms with Gasteiger partial charge in [-0.15, -0.1) is 13.2 Å². The molecule has 0 spiro atoms. The molecule has 0 unspecified atom stereocenters. The molecule has 1 aromatic carbocycles. The topological polar surface area (TPSA) is 12.5 Å². The second-order valence-corrected chi connectivity index (χ2v) is 6.17. The Hall–Kier alpha value is -0.750. The summed E-state index contributed by atoms with van der Waals surface area (Å²) in [6, 6.07) is 4.61. The summed E-state index contributed by atoms with van der Waals surface area (Å²) in [6.07, 6.45) is -2.48. The summed E-state index contributed by atoms with van der Waals surface area (Å²) < 4.78 is 42.1. The third-order valence-corrected chi connectivity index (χ3v) is 4.01. The minimum absolute atomic E-state index is 0.112. The van der Waals surface area contributed by atoms with Crippen LogP contribution in [0.15, 0.2) is 22.7 Å².